The first-order chi connectivity index (χ1) is 11.7. The molecule has 0 atom stereocenters. The van der Waals surface area contributed by atoms with Crippen molar-refractivity contribution in [3.8, 4) is 0 Å². The Kier molecular flexibility index (Phi) is 5.82. The molecular formula is C18H21BrN4O. The predicted molar refractivity (Wildman–Crippen MR) is 100 cm³/mol. The second-order valence-electron chi connectivity index (χ2n) is 5.83. The number of nitrogens with zero attached hydrogens (tertiary/aromatic N) is 3. The van der Waals surface area contributed by atoms with E-state index in [1.165, 1.54) is 0 Å². The fourth-order valence-electron chi connectivity index (χ4n) is 2.79. The predicted octanol–water partition coefficient (Wildman–Crippen LogP) is 2.99. The number of amides is 1. The van der Waals surface area contributed by atoms with Gasteiger partial charge in [-0.25, -0.2) is 4.98 Å². The SMILES string of the molecule is O=C(CCN1CCN(c2ccccn2)CC1)Nc1cccc(Br)c1. The van der Waals surface area contributed by atoms with Crippen LogP contribution in [0.5, 0.6) is 0 Å². The van der Waals surface area contributed by atoms with E-state index in [-0.39, 0.29) is 5.91 Å². The van der Waals surface area contributed by atoms with Crippen LogP contribution in [0.15, 0.2) is 53.1 Å². The number of carbonyl (C=O) groups excluding carboxylic acids is 1. The van der Waals surface area contributed by atoms with E-state index in [0.717, 1.165) is 48.7 Å². The third-order valence-corrected chi connectivity index (χ3v) is 4.60. The average Bonchev–Trinajstić information content (AvgIpc) is 2.61. The molecule has 0 radical (unpaired) electrons. The average molecular weight is 389 g/mol. The number of aromatic nitrogens is 1. The smallest absolute Gasteiger partial charge is 0.225 e. The first kappa shape index (κ1) is 16.9. The van der Waals surface area contributed by atoms with Crippen molar-refractivity contribution in [2.45, 2.75) is 6.42 Å². The number of benzene rings is 1. The van der Waals surface area contributed by atoms with Gasteiger partial charge in [-0.1, -0.05) is 28.1 Å². The molecule has 1 aliphatic heterocycles. The van der Waals surface area contributed by atoms with Crippen LogP contribution >= 0.6 is 15.9 Å². The maximum Gasteiger partial charge on any atom is 0.225 e. The van der Waals surface area contributed by atoms with Gasteiger partial charge in [0.25, 0.3) is 0 Å². The van der Waals surface area contributed by atoms with Crippen molar-refractivity contribution in [3.05, 3.63) is 53.1 Å². The molecule has 1 N–H and O–H groups in total. The molecule has 0 spiro atoms. The fourth-order valence-corrected chi connectivity index (χ4v) is 3.19. The Morgan fingerprint density at radius 3 is 2.67 bits per heavy atom. The zero-order chi connectivity index (χ0) is 16.8. The van der Waals surface area contributed by atoms with E-state index in [9.17, 15) is 4.79 Å². The van der Waals surface area contributed by atoms with Gasteiger partial charge in [0.2, 0.25) is 5.91 Å². The van der Waals surface area contributed by atoms with Crippen molar-refractivity contribution >= 4 is 33.3 Å². The highest BCUT2D eigenvalue weighted by Gasteiger charge is 2.18. The topological polar surface area (TPSA) is 48.5 Å². The number of anilines is 2. The molecule has 2 aromatic rings. The van der Waals surface area contributed by atoms with E-state index in [0.29, 0.717) is 6.42 Å². The van der Waals surface area contributed by atoms with Crippen molar-refractivity contribution in [1.82, 2.24) is 9.88 Å². The van der Waals surface area contributed by atoms with Gasteiger partial charge in [0.15, 0.2) is 0 Å². The number of nitrogens with one attached hydrogen (secondary N) is 1. The van der Waals surface area contributed by atoms with Crippen LogP contribution in [-0.4, -0.2) is 48.5 Å². The minimum Gasteiger partial charge on any atom is -0.354 e. The molecule has 5 nitrogen and oxygen atoms in total. The Hall–Kier alpha value is -1.92. The number of halogens is 1. The van der Waals surface area contributed by atoms with E-state index in [4.69, 9.17) is 0 Å². The highest BCUT2D eigenvalue weighted by atomic mass is 79.9. The van der Waals surface area contributed by atoms with E-state index in [1.807, 2.05) is 48.7 Å². The maximum atomic E-state index is 12.1. The molecule has 24 heavy (non-hydrogen) atoms. The second-order valence-corrected chi connectivity index (χ2v) is 6.74. The molecule has 1 aromatic carbocycles. The molecule has 1 aliphatic rings. The summed E-state index contributed by atoms with van der Waals surface area (Å²) in [7, 11) is 0. The number of hydrogen-bond acceptors (Lipinski definition) is 4. The molecule has 0 bridgehead atoms. The number of rotatable bonds is 5. The van der Waals surface area contributed by atoms with Crippen LogP contribution in [0.2, 0.25) is 0 Å². The molecule has 3 rings (SSSR count). The summed E-state index contributed by atoms with van der Waals surface area (Å²) < 4.78 is 0.964. The lowest BCUT2D eigenvalue weighted by atomic mass is 10.2. The normalized spacial score (nSPS) is 15.3. The Labute approximate surface area is 150 Å². The van der Waals surface area contributed by atoms with Crippen molar-refractivity contribution in [2.24, 2.45) is 0 Å². The van der Waals surface area contributed by atoms with Crippen molar-refractivity contribution in [1.29, 1.82) is 0 Å². The van der Waals surface area contributed by atoms with Gasteiger partial charge < -0.3 is 10.2 Å². The lowest BCUT2D eigenvalue weighted by Crippen LogP contribution is -2.47. The highest BCUT2D eigenvalue weighted by Crippen LogP contribution is 2.16. The Balaban J connectivity index is 1.41. The second kappa shape index (κ2) is 8.26. The zero-order valence-electron chi connectivity index (χ0n) is 13.5. The molecular weight excluding hydrogens is 368 g/mol. The summed E-state index contributed by atoms with van der Waals surface area (Å²) >= 11 is 3.41. The molecule has 6 heteroatoms. The number of pyridine rings is 1. The summed E-state index contributed by atoms with van der Waals surface area (Å²) in [5, 5.41) is 2.94. The number of piperazine rings is 1. The van der Waals surface area contributed by atoms with Gasteiger partial charge in [-0.15, -0.1) is 0 Å². The van der Waals surface area contributed by atoms with Crippen LogP contribution in [0.1, 0.15) is 6.42 Å². The van der Waals surface area contributed by atoms with E-state index in [1.54, 1.807) is 0 Å². The number of carbonyl (C=O) groups is 1. The largest absolute Gasteiger partial charge is 0.354 e. The standard InChI is InChI=1S/C18H21BrN4O/c19-15-4-3-5-16(14-15)21-18(24)7-9-22-10-12-23(13-11-22)17-6-1-2-8-20-17/h1-6,8,14H,7,9-13H2,(H,21,24). The lowest BCUT2D eigenvalue weighted by molar-refractivity contribution is -0.116. The molecule has 1 fully saturated rings. The molecule has 0 aliphatic carbocycles. The van der Waals surface area contributed by atoms with E-state index >= 15 is 0 Å². The van der Waals surface area contributed by atoms with Crippen LogP contribution in [0.25, 0.3) is 0 Å². The van der Waals surface area contributed by atoms with Gasteiger partial charge in [-0.3, -0.25) is 9.69 Å². The molecule has 126 valence electrons. The molecule has 1 aromatic heterocycles. The third-order valence-electron chi connectivity index (χ3n) is 4.11. The van der Waals surface area contributed by atoms with Crippen molar-refractivity contribution in [2.75, 3.05) is 42.9 Å². The molecule has 1 saturated heterocycles. The lowest BCUT2D eigenvalue weighted by Gasteiger charge is -2.35. The minimum atomic E-state index is 0.0558. The van der Waals surface area contributed by atoms with Gasteiger partial charge >= 0.3 is 0 Å². The van der Waals surface area contributed by atoms with Crippen molar-refractivity contribution < 1.29 is 4.79 Å². The summed E-state index contributed by atoms with van der Waals surface area (Å²) in [6, 6.07) is 13.6. The number of hydrogen-bond donors (Lipinski definition) is 1. The maximum absolute atomic E-state index is 12.1. The van der Waals surface area contributed by atoms with Crippen LogP contribution in [0.3, 0.4) is 0 Å². The minimum absolute atomic E-state index is 0.0558. The highest BCUT2D eigenvalue weighted by molar-refractivity contribution is 9.10. The summed E-state index contributed by atoms with van der Waals surface area (Å²) in [5.41, 5.74) is 0.828. The summed E-state index contributed by atoms with van der Waals surface area (Å²) in [6.07, 6.45) is 2.34. The Bertz CT molecular complexity index is 672. The van der Waals surface area contributed by atoms with Gasteiger partial charge in [-0.05, 0) is 30.3 Å². The summed E-state index contributed by atoms with van der Waals surface area (Å²) in [4.78, 5) is 21.1. The third kappa shape index (κ3) is 4.79. The van der Waals surface area contributed by atoms with Gasteiger partial charge in [0.1, 0.15) is 5.82 Å². The van der Waals surface area contributed by atoms with Crippen LogP contribution in [-0.2, 0) is 4.79 Å². The zero-order valence-corrected chi connectivity index (χ0v) is 15.1. The summed E-state index contributed by atoms with van der Waals surface area (Å²) in [5.74, 6) is 1.09. The van der Waals surface area contributed by atoms with Gasteiger partial charge in [0, 0.05) is 55.5 Å². The van der Waals surface area contributed by atoms with E-state index in [2.05, 4.69) is 36.0 Å². The first-order valence-electron chi connectivity index (χ1n) is 8.14. The Morgan fingerprint density at radius 2 is 1.96 bits per heavy atom. The Morgan fingerprint density at radius 1 is 1.12 bits per heavy atom. The summed E-state index contributed by atoms with van der Waals surface area (Å²) in [6.45, 7) is 4.60. The van der Waals surface area contributed by atoms with Crippen LogP contribution in [0.4, 0.5) is 11.5 Å². The molecule has 0 unspecified atom stereocenters. The van der Waals surface area contributed by atoms with E-state index < -0.39 is 0 Å². The van der Waals surface area contributed by atoms with Crippen LogP contribution in [0, 0.1) is 0 Å². The fraction of sp³-hybridized carbons (Fsp3) is 0.333. The van der Waals surface area contributed by atoms with Crippen LogP contribution < -0.4 is 10.2 Å². The van der Waals surface area contributed by atoms with Gasteiger partial charge in [0.05, 0.1) is 0 Å². The quantitative estimate of drug-likeness (QED) is 0.854. The molecule has 0 saturated carbocycles. The monoisotopic (exact) mass is 388 g/mol. The van der Waals surface area contributed by atoms with Gasteiger partial charge in [-0.2, -0.15) is 0 Å². The first-order valence-corrected chi connectivity index (χ1v) is 8.94. The molecule has 2 heterocycles. The molecule has 1 amide bonds. The van der Waals surface area contributed by atoms with Crippen molar-refractivity contribution in [3.63, 3.8) is 0 Å².